The molecule has 2 unspecified atom stereocenters. The molecule has 0 spiro atoms. The fourth-order valence-electron chi connectivity index (χ4n) is 2.36. The smallest absolute Gasteiger partial charge is 0.225 e. The molecule has 100 valence electrons. The number of hydrogen-bond donors (Lipinski definition) is 1. The molecule has 0 aromatic rings. The number of carbonyl (C=O) groups excluding carboxylic acids is 1. The average Bonchev–Trinajstić information content (AvgIpc) is 2.27. The molecule has 1 fully saturated rings. The van der Waals surface area contributed by atoms with Crippen molar-refractivity contribution in [2.45, 2.75) is 53.5 Å². The van der Waals surface area contributed by atoms with Crippen LogP contribution in [-0.2, 0) is 4.79 Å². The summed E-state index contributed by atoms with van der Waals surface area (Å²) in [5.41, 5.74) is -0.282. The molecule has 1 aliphatic heterocycles. The fourth-order valence-corrected chi connectivity index (χ4v) is 2.36. The standard InChI is InChI=1S/C14H28N2O/c1-6-11-8-12(10-16(7-2)9-11)15-13(17)14(3,4)5/h11-12H,6-10H2,1-5H3,(H,15,17). The summed E-state index contributed by atoms with van der Waals surface area (Å²) >= 11 is 0. The molecule has 3 heteroatoms. The molecule has 2 atom stereocenters. The maximum absolute atomic E-state index is 12.0. The Labute approximate surface area is 106 Å². The Hall–Kier alpha value is -0.570. The van der Waals surface area contributed by atoms with Crippen molar-refractivity contribution in [2.75, 3.05) is 19.6 Å². The van der Waals surface area contributed by atoms with Crippen molar-refractivity contribution in [1.82, 2.24) is 10.2 Å². The van der Waals surface area contributed by atoms with Crippen LogP contribution in [0.4, 0.5) is 0 Å². The minimum absolute atomic E-state index is 0.176. The molecule has 3 nitrogen and oxygen atoms in total. The van der Waals surface area contributed by atoms with Crippen molar-refractivity contribution in [1.29, 1.82) is 0 Å². The maximum Gasteiger partial charge on any atom is 0.225 e. The summed E-state index contributed by atoms with van der Waals surface area (Å²) < 4.78 is 0. The Kier molecular flexibility index (Phi) is 4.99. The molecular formula is C14H28N2O. The van der Waals surface area contributed by atoms with Gasteiger partial charge in [-0.25, -0.2) is 0 Å². The molecule has 1 aliphatic rings. The van der Waals surface area contributed by atoms with E-state index in [9.17, 15) is 4.79 Å². The van der Waals surface area contributed by atoms with E-state index in [2.05, 4.69) is 24.1 Å². The van der Waals surface area contributed by atoms with Crippen LogP contribution in [0, 0.1) is 11.3 Å². The normalized spacial score (nSPS) is 26.9. The number of piperidine rings is 1. The molecule has 0 saturated carbocycles. The van der Waals surface area contributed by atoms with Crippen LogP contribution in [0.25, 0.3) is 0 Å². The fraction of sp³-hybridized carbons (Fsp3) is 0.929. The number of hydrogen-bond acceptors (Lipinski definition) is 2. The van der Waals surface area contributed by atoms with Crippen LogP contribution in [0.5, 0.6) is 0 Å². The van der Waals surface area contributed by atoms with Crippen LogP contribution in [0.15, 0.2) is 0 Å². The monoisotopic (exact) mass is 240 g/mol. The first kappa shape index (κ1) is 14.5. The van der Waals surface area contributed by atoms with Crippen LogP contribution in [0.2, 0.25) is 0 Å². The number of rotatable bonds is 3. The van der Waals surface area contributed by atoms with E-state index in [0.717, 1.165) is 25.4 Å². The lowest BCUT2D eigenvalue weighted by Gasteiger charge is -2.38. The van der Waals surface area contributed by atoms with E-state index in [-0.39, 0.29) is 11.3 Å². The van der Waals surface area contributed by atoms with Crippen LogP contribution < -0.4 is 5.32 Å². The van der Waals surface area contributed by atoms with Crippen molar-refractivity contribution in [2.24, 2.45) is 11.3 Å². The van der Waals surface area contributed by atoms with Gasteiger partial charge in [0.1, 0.15) is 0 Å². The van der Waals surface area contributed by atoms with E-state index in [1.54, 1.807) is 0 Å². The van der Waals surface area contributed by atoms with Gasteiger partial charge in [0, 0.05) is 24.5 Å². The second-order valence-corrected chi connectivity index (χ2v) is 6.28. The van der Waals surface area contributed by atoms with Gasteiger partial charge in [0.2, 0.25) is 5.91 Å². The summed E-state index contributed by atoms with van der Waals surface area (Å²) in [4.78, 5) is 14.4. The Balaban J connectivity index is 2.55. The molecule has 0 bridgehead atoms. The highest BCUT2D eigenvalue weighted by atomic mass is 16.2. The average molecular weight is 240 g/mol. The van der Waals surface area contributed by atoms with E-state index < -0.39 is 0 Å². The zero-order chi connectivity index (χ0) is 13.1. The van der Waals surface area contributed by atoms with Crippen LogP contribution in [0.1, 0.15) is 47.5 Å². The quantitative estimate of drug-likeness (QED) is 0.821. The van der Waals surface area contributed by atoms with Crippen molar-refractivity contribution < 1.29 is 4.79 Å². The van der Waals surface area contributed by atoms with Crippen LogP contribution in [-0.4, -0.2) is 36.5 Å². The Morgan fingerprint density at radius 3 is 2.41 bits per heavy atom. The van der Waals surface area contributed by atoms with Crippen molar-refractivity contribution in [3.05, 3.63) is 0 Å². The third-order valence-electron chi connectivity index (χ3n) is 3.65. The molecule has 17 heavy (non-hydrogen) atoms. The molecule has 1 heterocycles. The van der Waals surface area contributed by atoms with Gasteiger partial charge >= 0.3 is 0 Å². The second-order valence-electron chi connectivity index (χ2n) is 6.28. The third kappa shape index (κ3) is 4.30. The molecule has 0 radical (unpaired) electrons. The molecular weight excluding hydrogens is 212 g/mol. The molecule has 0 aliphatic carbocycles. The third-order valence-corrected chi connectivity index (χ3v) is 3.65. The highest BCUT2D eigenvalue weighted by Crippen LogP contribution is 2.21. The second kappa shape index (κ2) is 5.85. The lowest BCUT2D eigenvalue weighted by atomic mass is 9.90. The minimum atomic E-state index is -0.282. The molecule has 1 N–H and O–H groups in total. The van der Waals surface area contributed by atoms with Gasteiger partial charge in [0.15, 0.2) is 0 Å². The number of nitrogens with zero attached hydrogens (tertiary/aromatic N) is 1. The number of likely N-dealkylation sites (N-methyl/N-ethyl adjacent to an activating group) is 1. The Bertz CT molecular complexity index is 245. The zero-order valence-electron chi connectivity index (χ0n) is 12.0. The van der Waals surface area contributed by atoms with Gasteiger partial charge in [-0.1, -0.05) is 41.0 Å². The zero-order valence-corrected chi connectivity index (χ0v) is 12.0. The molecule has 1 amide bonds. The van der Waals surface area contributed by atoms with Gasteiger partial charge in [-0.3, -0.25) is 4.79 Å². The van der Waals surface area contributed by atoms with Gasteiger partial charge in [-0.15, -0.1) is 0 Å². The van der Waals surface area contributed by atoms with Gasteiger partial charge in [-0.2, -0.15) is 0 Å². The first-order valence-electron chi connectivity index (χ1n) is 6.90. The topological polar surface area (TPSA) is 32.3 Å². The summed E-state index contributed by atoms with van der Waals surface area (Å²) in [6.45, 7) is 13.6. The maximum atomic E-state index is 12.0. The highest BCUT2D eigenvalue weighted by molar-refractivity contribution is 5.81. The number of carbonyl (C=O) groups is 1. The number of nitrogens with one attached hydrogen (secondary N) is 1. The van der Waals surface area contributed by atoms with E-state index in [0.29, 0.717) is 6.04 Å². The largest absolute Gasteiger partial charge is 0.352 e. The molecule has 0 aromatic heterocycles. The summed E-state index contributed by atoms with van der Waals surface area (Å²) in [6.07, 6.45) is 2.34. The van der Waals surface area contributed by atoms with Gasteiger partial charge < -0.3 is 10.2 Å². The predicted octanol–water partition coefficient (Wildman–Crippen LogP) is 2.27. The molecule has 1 saturated heterocycles. The number of likely N-dealkylation sites (tertiary alicyclic amines) is 1. The van der Waals surface area contributed by atoms with Crippen LogP contribution in [0.3, 0.4) is 0 Å². The van der Waals surface area contributed by atoms with Crippen molar-refractivity contribution in [3.8, 4) is 0 Å². The SMILES string of the molecule is CCC1CC(NC(=O)C(C)(C)C)CN(CC)C1. The Morgan fingerprint density at radius 1 is 1.29 bits per heavy atom. The van der Waals surface area contributed by atoms with Crippen LogP contribution >= 0.6 is 0 Å². The number of amides is 1. The van der Waals surface area contributed by atoms with Gasteiger partial charge in [-0.05, 0) is 18.9 Å². The Morgan fingerprint density at radius 2 is 1.94 bits per heavy atom. The predicted molar refractivity (Wildman–Crippen MR) is 71.9 cm³/mol. The summed E-state index contributed by atoms with van der Waals surface area (Å²) in [5, 5.41) is 3.21. The lowest BCUT2D eigenvalue weighted by molar-refractivity contribution is -0.129. The van der Waals surface area contributed by atoms with E-state index in [1.807, 2.05) is 20.8 Å². The summed E-state index contributed by atoms with van der Waals surface area (Å²) in [5.74, 6) is 0.907. The minimum Gasteiger partial charge on any atom is -0.352 e. The molecule has 0 aromatic carbocycles. The highest BCUT2D eigenvalue weighted by Gasteiger charge is 2.29. The van der Waals surface area contributed by atoms with E-state index >= 15 is 0 Å². The molecule has 1 rings (SSSR count). The summed E-state index contributed by atoms with van der Waals surface area (Å²) in [6, 6.07) is 0.334. The first-order chi connectivity index (χ1) is 7.86. The lowest BCUT2D eigenvalue weighted by Crippen LogP contribution is -2.52. The van der Waals surface area contributed by atoms with Crippen molar-refractivity contribution in [3.63, 3.8) is 0 Å². The summed E-state index contributed by atoms with van der Waals surface area (Å²) in [7, 11) is 0. The van der Waals surface area contributed by atoms with Gasteiger partial charge in [0.05, 0.1) is 0 Å². The van der Waals surface area contributed by atoms with E-state index in [4.69, 9.17) is 0 Å². The van der Waals surface area contributed by atoms with E-state index in [1.165, 1.54) is 13.0 Å². The van der Waals surface area contributed by atoms with Gasteiger partial charge in [0.25, 0.3) is 0 Å². The van der Waals surface area contributed by atoms with Crippen molar-refractivity contribution >= 4 is 5.91 Å². The first-order valence-corrected chi connectivity index (χ1v) is 6.90.